The fraction of sp³-hybridized carbons (Fsp3) is 0.429. The Bertz CT molecular complexity index is 1280. The number of hydrogen-bond donors (Lipinski definition) is 6. The largest absolute Gasteiger partial charge is 0.508 e. The van der Waals surface area contributed by atoms with Gasteiger partial charge in [0.05, 0.1) is 0 Å². The molecule has 2 aromatic carbocycles. The molecule has 12 nitrogen and oxygen atoms in total. The molecule has 2 aromatic rings. The predicted molar refractivity (Wildman–Crippen MR) is 137 cm³/mol. The minimum Gasteiger partial charge on any atom is -0.508 e. The average Bonchev–Trinajstić information content (AvgIpc) is 2.90. The van der Waals surface area contributed by atoms with Crippen LogP contribution in [0.3, 0.4) is 0 Å². The standard InChI is InChI=1S/C28H32O12/c1-12(2)4-9-16-18(38-28-25(36)23(34)21(32)19(39-28)11-37-13(3)29)10-17(31)20-22(33)24(35)26(40-27(16)20)14-5-7-15(30)8-6-14/h4-8,10,19,21,23-26,28,30-32,34-36H,9,11H2,1-3H3. The summed E-state index contributed by atoms with van der Waals surface area (Å²) in [5, 5.41) is 62.5. The number of carbonyl (C=O) groups excluding carboxylic acids is 2. The Kier molecular flexibility index (Phi) is 8.66. The van der Waals surface area contributed by atoms with Crippen LogP contribution in [0.25, 0.3) is 0 Å². The lowest BCUT2D eigenvalue weighted by atomic mass is 9.90. The Morgan fingerprint density at radius 1 is 1.00 bits per heavy atom. The number of benzene rings is 2. The Labute approximate surface area is 229 Å². The minimum absolute atomic E-state index is 0.0243. The lowest BCUT2D eigenvalue weighted by molar-refractivity contribution is -0.278. The van der Waals surface area contributed by atoms with E-state index in [0.29, 0.717) is 5.56 Å². The van der Waals surface area contributed by atoms with Crippen molar-refractivity contribution in [3.05, 3.63) is 58.7 Å². The van der Waals surface area contributed by atoms with Gasteiger partial charge < -0.3 is 49.6 Å². The van der Waals surface area contributed by atoms with Gasteiger partial charge in [0.15, 0.2) is 12.2 Å². The zero-order valence-electron chi connectivity index (χ0n) is 22.1. The third kappa shape index (κ3) is 5.91. The summed E-state index contributed by atoms with van der Waals surface area (Å²) in [6.45, 7) is 4.41. The molecule has 1 fully saturated rings. The maximum atomic E-state index is 13.2. The number of aliphatic hydroxyl groups is 4. The van der Waals surface area contributed by atoms with Crippen LogP contribution in [0.5, 0.6) is 23.0 Å². The van der Waals surface area contributed by atoms with E-state index in [4.69, 9.17) is 18.9 Å². The molecule has 0 spiro atoms. The molecule has 12 heteroatoms. The maximum Gasteiger partial charge on any atom is 0.302 e. The molecule has 0 bridgehead atoms. The van der Waals surface area contributed by atoms with E-state index in [2.05, 4.69) is 0 Å². The molecule has 0 amide bonds. The molecule has 40 heavy (non-hydrogen) atoms. The van der Waals surface area contributed by atoms with Gasteiger partial charge in [-0.2, -0.15) is 0 Å². The van der Waals surface area contributed by atoms with E-state index < -0.39 is 67.0 Å². The number of rotatable bonds is 7. The lowest BCUT2D eigenvalue weighted by Crippen LogP contribution is -2.60. The minimum atomic E-state index is -1.74. The van der Waals surface area contributed by atoms with Crippen LogP contribution in [0.4, 0.5) is 0 Å². The molecule has 0 aliphatic carbocycles. The van der Waals surface area contributed by atoms with Gasteiger partial charge in [0.25, 0.3) is 0 Å². The molecule has 4 rings (SSSR count). The van der Waals surface area contributed by atoms with Crippen LogP contribution in [0.1, 0.15) is 48.4 Å². The van der Waals surface area contributed by atoms with Crippen molar-refractivity contribution in [2.45, 2.75) is 70.1 Å². The van der Waals surface area contributed by atoms with Crippen molar-refractivity contribution in [1.82, 2.24) is 0 Å². The number of aliphatic hydroxyl groups excluding tert-OH is 4. The number of phenols is 2. The molecular weight excluding hydrogens is 528 g/mol. The van der Waals surface area contributed by atoms with Gasteiger partial charge >= 0.3 is 5.97 Å². The van der Waals surface area contributed by atoms with E-state index in [9.17, 15) is 40.2 Å². The van der Waals surface area contributed by atoms with Gasteiger partial charge in [-0.3, -0.25) is 9.59 Å². The quantitative estimate of drug-likeness (QED) is 0.208. The fourth-order valence-corrected chi connectivity index (χ4v) is 4.50. The second-order valence-corrected chi connectivity index (χ2v) is 9.94. The van der Waals surface area contributed by atoms with E-state index in [0.717, 1.165) is 18.6 Å². The summed E-state index contributed by atoms with van der Waals surface area (Å²) < 4.78 is 22.5. The first-order valence-electron chi connectivity index (χ1n) is 12.6. The van der Waals surface area contributed by atoms with Gasteiger partial charge in [-0.05, 0) is 38.0 Å². The van der Waals surface area contributed by atoms with Gasteiger partial charge in [-0.1, -0.05) is 23.8 Å². The highest BCUT2D eigenvalue weighted by molar-refractivity contribution is 6.06. The first-order valence-corrected chi connectivity index (χ1v) is 12.6. The predicted octanol–water partition coefficient (Wildman–Crippen LogP) is 1.03. The topological polar surface area (TPSA) is 192 Å². The number of hydrogen-bond acceptors (Lipinski definition) is 12. The van der Waals surface area contributed by atoms with E-state index in [1.807, 2.05) is 13.8 Å². The van der Waals surface area contributed by atoms with Crippen LogP contribution in [0.2, 0.25) is 0 Å². The number of allylic oxidation sites excluding steroid dienone is 2. The van der Waals surface area contributed by atoms with Crippen molar-refractivity contribution in [2.75, 3.05) is 6.61 Å². The molecule has 2 heterocycles. The number of carbonyl (C=O) groups is 2. The summed E-state index contributed by atoms with van der Waals surface area (Å²) in [6.07, 6.45) is -8.79. The Morgan fingerprint density at radius 2 is 1.68 bits per heavy atom. The summed E-state index contributed by atoms with van der Waals surface area (Å²) in [4.78, 5) is 24.5. The van der Waals surface area contributed by atoms with E-state index in [-0.39, 0.29) is 34.8 Å². The van der Waals surface area contributed by atoms with Gasteiger partial charge in [-0.15, -0.1) is 0 Å². The van der Waals surface area contributed by atoms with Crippen LogP contribution in [0.15, 0.2) is 42.0 Å². The summed E-state index contributed by atoms with van der Waals surface area (Å²) >= 11 is 0. The second-order valence-electron chi connectivity index (χ2n) is 9.94. The zero-order chi connectivity index (χ0) is 29.3. The molecule has 7 unspecified atom stereocenters. The molecule has 0 aromatic heterocycles. The average molecular weight is 561 g/mol. The molecule has 0 saturated carbocycles. The van der Waals surface area contributed by atoms with Gasteiger partial charge in [-0.25, -0.2) is 0 Å². The van der Waals surface area contributed by atoms with Crippen LogP contribution < -0.4 is 9.47 Å². The third-order valence-corrected chi connectivity index (χ3v) is 6.67. The molecule has 7 atom stereocenters. The summed E-state index contributed by atoms with van der Waals surface area (Å²) in [7, 11) is 0. The van der Waals surface area contributed by atoms with Gasteiger partial charge in [0, 0.05) is 18.6 Å². The molecule has 2 aliphatic rings. The first kappa shape index (κ1) is 29.3. The Morgan fingerprint density at radius 3 is 2.30 bits per heavy atom. The Balaban J connectivity index is 1.75. The van der Waals surface area contributed by atoms with Crippen LogP contribution in [-0.2, 0) is 20.7 Å². The van der Waals surface area contributed by atoms with Gasteiger partial charge in [0.1, 0.15) is 59.6 Å². The summed E-state index contributed by atoms with van der Waals surface area (Å²) in [6, 6.07) is 6.83. The molecule has 2 aliphatic heterocycles. The van der Waals surface area contributed by atoms with Crippen molar-refractivity contribution >= 4 is 11.8 Å². The van der Waals surface area contributed by atoms with E-state index in [1.54, 1.807) is 6.08 Å². The number of ether oxygens (including phenoxy) is 4. The zero-order valence-corrected chi connectivity index (χ0v) is 22.1. The van der Waals surface area contributed by atoms with Gasteiger partial charge in [0.2, 0.25) is 12.1 Å². The Hall–Kier alpha value is -3.68. The molecule has 0 radical (unpaired) electrons. The number of ketones is 1. The summed E-state index contributed by atoms with van der Waals surface area (Å²) in [5.41, 5.74) is 1.30. The molecular formula is C28H32O12. The fourth-order valence-electron chi connectivity index (χ4n) is 4.50. The van der Waals surface area contributed by atoms with E-state index >= 15 is 0 Å². The summed E-state index contributed by atoms with van der Waals surface area (Å²) in [5.74, 6) is -2.17. The normalized spacial score (nSPS) is 27.8. The monoisotopic (exact) mass is 560 g/mol. The maximum absolute atomic E-state index is 13.2. The second kappa shape index (κ2) is 11.8. The van der Waals surface area contributed by atoms with Crippen LogP contribution >= 0.6 is 0 Å². The highest BCUT2D eigenvalue weighted by Gasteiger charge is 2.46. The first-order chi connectivity index (χ1) is 18.9. The van der Waals surface area contributed by atoms with Crippen molar-refractivity contribution in [1.29, 1.82) is 0 Å². The van der Waals surface area contributed by atoms with Crippen molar-refractivity contribution < 1.29 is 59.2 Å². The molecule has 216 valence electrons. The SMILES string of the molecule is CC(=O)OCC1OC(Oc2cc(O)c3c(c2CC=C(C)C)OC(c2ccc(O)cc2)C(O)C3=O)C(O)C(O)C1O. The number of fused-ring (bicyclic) bond motifs is 1. The number of Topliss-reactive ketones (excluding diaryl/α,β-unsaturated/α-hetero) is 1. The van der Waals surface area contributed by atoms with Crippen LogP contribution in [-0.4, -0.2) is 85.8 Å². The number of aromatic hydroxyl groups is 2. The van der Waals surface area contributed by atoms with E-state index in [1.165, 1.54) is 24.3 Å². The third-order valence-electron chi connectivity index (χ3n) is 6.67. The number of esters is 1. The smallest absolute Gasteiger partial charge is 0.302 e. The lowest BCUT2D eigenvalue weighted by Gasteiger charge is -2.40. The molecule has 6 N–H and O–H groups in total. The van der Waals surface area contributed by atoms with Crippen molar-refractivity contribution in [3.63, 3.8) is 0 Å². The van der Waals surface area contributed by atoms with Crippen molar-refractivity contribution in [2.24, 2.45) is 0 Å². The van der Waals surface area contributed by atoms with Crippen LogP contribution in [0, 0.1) is 0 Å². The highest BCUT2D eigenvalue weighted by atomic mass is 16.7. The molecule has 1 saturated heterocycles. The number of phenolic OH excluding ortho intramolecular Hbond substituents is 2. The van der Waals surface area contributed by atoms with Crippen molar-refractivity contribution in [3.8, 4) is 23.0 Å². The highest BCUT2D eigenvalue weighted by Crippen LogP contribution is 2.46.